The van der Waals surface area contributed by atoms with Crippen molar-refractivity contribution in [2.24, 2.45) is 0 Å². The Balaban J connectivity index is 1.59. The molecule has 1 fully saturated rings. The standard InChI is InChI=1S/C16H21N5O2/c1-12-5-9-21(19-12)10-6-15(22)20-8-2-3-13(11-20)14-4-7-17-16(23)18-14/h4-5,7,9,13H,2-3,6,8,10-11H2,1H3,(H,17,18,23)/t13-/m0/s1. The van der Waals surface area contributed by atoms with E-state index in [1.165, 1.54) is 6.20 Å². The lowest BCUT2D eigenvalue weighted by Gasteiger charge is -2.32. The summed E-state index contributed by atoms with van der Waals surface area (Å²) in [5, 5.41) is 4.30. The Morgan fingerprint density at radius 2 is 2.30 bits per heavy atom. The molecule has 1 aliphatic rings. The molecule has 0 spiro atoms. The van der Waals surface area contributed by atoms with Crippen molar-refractivity contribution in [2.45, 2.75) is 38.6 Å². The highest BCUT2D eigenvalue weighted by Crippen LogP contribution is 2.25. The van der Waals surface area contributed by atoms with Crippen molar-refractivity contribution in [3.05, 3.63) is 46.4 Å². The summed E-state index contributed by atoms with van der Waals surface area (Å²) in [5.74, 6) is 0.314. The molecule has 3 heterocycles. The van der Waals surface area contributed by atoms with Gasteiger partial charge in [0, 0.05) is 50.1 Å². The molecule has 0 aromatic carbocycles. The largest absolute Gasteiger partial charge is 0.345 e. The minimum Gasteiger partial charge on any atom is -0.342 e. The van der Waals surface area contributed by atoms with Gasteiger partial charge in [0.2, 0.25) is 5.91 Å². The van der Waals surface area contributed by atoms with E-state index in [1.807, 2.05) is 30.2 Å². The Bertz CT molecular complexity index is 736. The highest BCUT2D eigenvalue weighted by molar-refractivity contribution is 5.76. The van der Waals surface area contributed by atoms with Crippen LogP contribution < -0.4 is 5.69 Å². The summed E-state index contributed by atoms with van der Waals surface area (Å²) < 4.78 is 1.80. The van der Waals surface area contributed by atoms with Gasteiger partial charge in [0.15, 0.2) is 0 Å². The molecule has 0 saturated carbocycles. The van der Waals surface area contributed by atoms with Crippen LogP contribution in [0.15, 0.2) is 29.3 Å². The molecule has 3 rings (SSSR count). The van der Waals surface area contributed by atoms with Crippen LogP contribution in [0.5, 0.6) is 0 Å². The number of aryl methyl sites for hydroxylation is 2. The maximum atomic E-state index is 12.4. The van der Waals surface area contributed by atoms with Crippen LogP contribution in [0.2, 0.25) is 0 Å². The van der Waals surface area contributed by atoms with Gasteiger partial charge in [-0.3, -0.25) is 9.48 Å². The lowest BCUT2D eigenvalue weighted by atomic mass is 9.94. The number of aromatic amines is 1. The molecule has 0 aliphatic carbocycles. The molecule has 1 aliphatic heterocycles. The Morgan fingerprint density at radius 3 is 3.04 bits per heavy atom. The van der Waals surface area contributed by atoms with Crippen LogP contribution in [0.1, 0.15) is 36.6 Å². The fraction of sp³-hybridized carbons (Fsp3) is 0.500. The lowest BCUT2D eigenvalue weighted by molar-refractivity contribution is -0.132. The maximum absolute atomic E-state index is 12.4. The zero-order valence-corrected chi connectivity index (χ0v) is 13.2. The van der Waals surface area contributed by atoms with Crippen LogP contribution in [0, 0.1) is 6.92 Å². The first-order valence-electron chi connectivity index (χ1n) is 7.95. The number of hydrogen-bond donors (Lipinski definition) is 1. The van der Waals surface area contributed by atoms with Gasteiger partial charge < -0.3 is 9.88 Å². The number of piperidine rings is 1. The molecule has 122 valence electrons. The van der Waals surface area contributed by atoms with Crippen molar-refractivity contribution >= 4 is 5.91 Å². The number of nitrogens with one attached hydrogen (secondary N) is 1. The van der Waals surface area contributed by atoms with Crippen LogP contribution in [0.3, 0.4) is 0 Å². The van der Waals surface area contributed by atoms with Crippen LogP contribution in [0.25, 0.3) is 0 Å². The smallest absolute Gasteiger partial charge is 0.342 e. The predicted molar refractivity (Wildman–Crippen MR) is 85.0 cm³/mol. The summed E-state index contributed by atoms with van der Waals surface area (Å²) in [6.45, 7) is 3.96. The van der Waals surface area contributed by atoms with E-state index in [4.69, 9.17) is 0 Å². The summed E-state index contributed by atoms with van der Waals surface area (Å²) >= 11 is 0. The molecule has 1 N–H and O–H groups in total. The van der Waals surface area contributed by atoms with Crippen molar-refractivity contribution in [2.75, 3.05) is 13.1 Å². The SMILES string of the molecule is Cc1ccn(CCC(=O)N2CCC[C@H](c3ccnc(=O)[nH]3)C2)n1. The van der Waals surface area contributed by atoms with E-state index in [9.17, 15) is 9.59 Å². The topological polar surface area (TPSA) is 83.9 Å². The first-order chi connectivity index (χ1) is 11.1. The van der Waals surface area contributed by atoms with Gasteiger partial charge in [0.25, 0.3) is 0 Å². The normalized spacial score (nSPS) is 18.1. The number of carbonyl (C=O) groups excluding carboxylic acids is 1. The molecule has 23 heavy (non-hydrogen) atoms. The van der Waals surface area contributed by atoms with Crippen molar-refractivity contribution in [3.63, 3.8) is 0 Å². The summed E-state index contributed by atoms with van der Waals surface area (Å²) in [6, 6.07) is 3.76. The quantitative estimate of drug-likeness (QED) is 0.915. The molecule has 0 bridgehead atoms. The van der Waals surface area contributed by atoms with Gasteiger partial charge >= 0.3 is 5.69 Å². The van der Waals surface area contributed by atoms with E-state index in [0.717, 1.165) is 30.8 Å². The Hall–Kier alpha value is -2.44. The first kappa shape index (κ1) is 15.5. The van der Waals surface area contributed by atoms with Gasteiger partial charge in [-0.05, 0) is 31.9 Å². The highest BCUT2D eigenvalue weighted by atomic mass is 16.2. The van der Waals surface area contributed by atoms with E-state index in [1.54, 1.807) is 4.68 Å². The summed E-state index contributed by atoms with van der Waals surface area (Å²) in [4.78, 5) is 32.1. The van der Waals surface area contributed by atoms with Gasteiger partial charge in [-0.25, -0.2) is 9.78 Å². The average Bonchev–Trinajstić information content (AvgIpc) is 2.98. The fourth-order valence-electron chi connectivity index (χ4n) is 3.03. The second-order valence-corrected chi connectivity index (χ2v) is 5.98. The monoisotopic (exact) mass is 315 g/mol. The van der Waals surface area contributed by atoms with Crippen molar-refractivity contribution in [1.29, 1.82) is 0 Å². The van der Waals surface area contributed by atoms with E-state index in [2.05, 4.69) is 15.1 Å². The van der Waals surface area contributed by atoms with E-state index in [0.29, 0.717) is 19.5 Å². The fourth-order valence-corrected chi connectivity index (χ4v) is 3.03. The summed E-state index contributed by atoms with van der Waals surface area (Å²) in [6.07, 6.45) is 5.78. The zero-order valence-electron chi connectivity index (χ0n) is 13.2. The molecule has 7 heteroatoms. The van der Waals surface area contributed by atoms with Gasteiger partial charge in [-0.1, -0.05) is 0 Å². The first-order valence-corrected chi connectivity index (χ1v) is 7.95. The second-order valence-electron chi connectivity index (χ2n) is 5.98. The van der Waals surface area contributed by atoms with Crippen molar-refractivity contribution in [3.8, 4) is 0 Å². The molecule has 2 aromatic rings. The predicted octanol–water partition coefficient (Wildman–Crippen LogP) is 1.07. The van der Waals surface area contributed by atoms with Crippen molar-refractivity contribution < 1.29 is 4.79 Å². The van der Waals surface area contributed by atoms with Crippen LogP contribution in [-0.4, -0.2) is 43.6 Å². The minimum atomic E-state index is -0.333. The van der Waals surface area contributed by atoms with Gasteiger partial charge in [-0.15, -0.1) is 0 Å². The average molecular weight is 315 g/mol. The molecular formula is C16H21N5O2. The molecule has 2 aromatic heterocycles. The molecule has 1 atom stereocenters. The number of rotatable bonds is 4. The van der Waals surface area contributed by atoms with Crippen LogP contribution >= 0.6 is 0 Å². The number of nitrogens with zero attached hydrogens (tertiary/aromatic N) is 4. The maximum Gasteiger partial charge on any atom is 0.345 e. The molecule has 1 saturated heterocycles. The number of amides is 1. The summed E-state index contributed by atoms with van der Waals surface area (Å²) in [7, 11) is 0. The third-order valence-corrected chi connectivity index (χ3v) is 4.24. The van der Waals surface area contributed by atoms with Gasteiger partial charge in [0.05, 0.1) is 5.69 Å². The number of aromatic nitrogens is 4. The molecule has 0 radical (unpaired) electrons. The van der Waals surface area contributed by atoms with E-state index < -0.39 is 0 Å². The zero-order chi connectivity index (χ0) is 16.2. The number of H-pyrrole nitrogens is 1. The number of likely N-dealkylation sites (tertiary alicyclic amines) is 1. The molecule has 7 nitrogen and oxygen atoms in total. The summed E-state index contributed by atoms with van der Waals surface area (Å²) in [5.41, 5.74) is 1.49. The molecule has 1 amide bonds. The Kier molecular flexibility index (Phi) is 4.55. The third-order valence-electron chi connectivity index (χ3n) is 4.24. The highest BCUT2D eigenvalue weighted by Gasteiger charge is 2.25. The Morgan fingerprint density at radius 1 is 1.43 bits per heavy atom. The Labute approximate surface area is 134 Å². The minimum absolute atomic E-state index is 0.138. The third kappa shape index (κ3) is 3.85. The van der Waals surface area contributed by atoms with Gasteiger partial charge in [-0.2, -0.15) is 5.10 Å². The van der Waals surface area contributed by atoms with Crippen LogP contribution in [0.4, 0.5) is 0 Å². The van der Waals surface area contributed by atoms with Crippen molar-refractivity contribution in [1.82, 2.24) is 24.6 Å². The number of hydrogen-bond acceptors (Lipinski definition) is 4. The molecular weight excluding hydrogens is 294 g/mol. The molecule has 0 unspecified atom stereocenters. The lowest BCUT2D eigenvalue weighted by Crippen LogP contribution is -2.40. The number of carbonyl (C=O) groups is 1. The van der Waals surface area contributed by atoms with E-state index >= 15 is 0 Å². The van der Waals surface area contributed by atoms with E-state index in [-0.39, 0.29) is 17.5 Å². The second kappa shape index (κ2) is 6.76. The van der Waals surface area contributed by atoms with Crippen LogP contribution in [-0.2, 0) is 11.3 Å². The van der Waals surface area contributed by atoms with Gasteiger partial charge in [0.1, 0.15) is 0 Å².